The average molecular weight is 302 g/mol. The summed E-state index contributed by atoms with van der Waals surface area (Å²) in [5, 5.41) is 0. The second kappa shape index (κ2) is 7.09. The highest BCUT2D eigenvalue weighted by Gasteiger charge is 2.19. The zero-order valence-electron chi connectivity index (χ0n) is 13.5. The van der Waals surface area contributed by atoms with E-state index in [-0.39, 0.29) is 5.91 Å². The number of hydrogen-bond donors (Lipinski definition) is 0. The van der Waals surface area contributed by atoms with Crippen LogP contribution in [0.5, 0.6) is 0 Å². The number of amides is 1. The second-order valence-electron chi connectivity index (χ2n) is 6.40. The molecule has 1 amide bonds. The summed E-state index contributed by atoms with van der Waals surface area (Å²) in [5.41, 5.74) is 1.22. The maximum absolute atomic E-state index is 12.3. The van der Waals surface area contributed by atoms with Gasteiger partial charge < -0.3 is 14.7 Å². The molecule has 0 radical (unpaired) electrons. The van der Waals surface area contributed by atoms with E-state index in [0.717, 1.165) is 51.5 Å². The van der Waals surface area contributed by atoms with Crippen LogP contribution in [0.3, 0.4) is 0 Å². The van der Waals surface area contributed by atoms with Crippen LogP contribution < -0.4 is 4.90 Å². The molecule has 5 nitrogen and oxygen atoms in total. The van der Waals surface area contributed by atoms with Gasteiger partial charge in [-0.2, -0.15) is 0 Å². The van der Waals surface area contributed by atoms with Gasteiger partial charge in [-0.05, 0) is 44.0 Å². The maximum atomic E-state index is 12.3. The van der Waals surface area contributed by atoms with E-state index >= 15 is 0 Å². The number of aromatic nitrogens is 1. The molecule has 5 heteroatoms. The molecule has 1 aromatic rings. The number of hydrogen-bond acceptors (Lipinski definition) is 4. The van der Waals surface area contributed by atoms with Crippen LogP contribution in [-0.4, -0.2) is 67.0 Å². The highest BCUT2D eigenvalue weighted by atomic mass is 16.2. The van der Waals surface area contributed by atoms with Gasteiger partial charge in [-0.1, -0.05) is 0 Å². The Hall–Kier alpha value is -1.62. The Morgan fingerprint density at radius 2 is 1.86 bits per heavy atom. The minimum absolute atomic E-state index is 0.285. The van der Waals surface area contributed by atoms with Gasteiger partial charge in [-0.25, -0.2) is 4.98 Å². The van der Waals surface area contributed by atoms with Crippen LogP contribution in [0.25, 0.3) is 0 Å². The van der Waals surface area contributed by atoms with Crippen molar-refractivity contribution in [3.05, 3.63) is 23.9 Å². The summed E-state index contributed by atoms with van der Waals surface area (Å²) in [6, 6.07) is 4.19. The Balaban J connectivity index is 1.52. The third-order valence-electron chi connectivity index (χ3n) is 4.72. The molecule has 2 fully saturated rings. The number of carbonyl (C=O) groups is 1. The van der Waals surface area contributed by atoms with Crippen LogP contribution in [0.4, 0.5) is 5.82 Å². The minimum Gasteiger partial charge on any atom is -0.357 e. The fourth-order valence-electron chi connectivity index (χ4n) is 3.20. The Bertz CT molecular complexity index is 505. The minimum atomic E-state index is 0.285. The van der Waals surface area contributed by atoms with Gasteiger partial charge in [0.1, 0.15) is 5.82 Å². The third kappa shape index (κ3) is 3.77. The van der Waals surface area contributed by atoms with Crippen molar-refractivity contribution in [2.45, 2.75) is 25.7 Å². The Labute approximate surface area is 132 Å². The lowest BCUT2D eigenvalue weighted by molar-refractivity contribution is -0.132. The van der Waals surface area contributed by atoms with Gasteiger partial charge in [-0.3, -0.25) is 4.79 Å². The van der Waals surface area contributed by atoms with Crippen LogP contribution in [0.1, 0.15) is 24.8 Å². The Morgan fingerprint density at radius 1 is 1.14 bits per heavy atom. The van der Waals surface area contributed by atoms with Crippen molar-refractivity contribution in [2.75, 3.05) is 51.2 Å². The number of rotatable bonds is 4. The molecule has 3 heterocycles. The summed E-state index contributed by atoms with van der Waals surface area (Å²) < 4.78 is 0. The molecule has 22 heavy (non-hydrogen) atoms. The predicted molar refractivity (Wildman–Crippen MR) is 88.1 cm³/mol. The number of carbonyl (C=O) groups excluding carboxylic acids is 1. The average Bonchev–Trinajstić information content (AvgIpc) is 3.08. The van der Waals surface area contributed by atoms with Crippen LogP contribution in [0.15, 0.2) is 18.3 Å². The summed E-state index contributed by atoms with van der Waals surface area (Å²) in [4.78, 5) is 23.4. The van der Waals surface area contributed by atoms with E-state index in [1.165, 1.54) is 18.4 Å². The fraction of sp³-hybridized carbons (Fsp3) is 0.647. The zero-order chi connectivity index (χ0) is 15.4. The molecule has 0 unspecified atom stereocenters. The van der Waals surface area contributed by atoms with E-state index in [2.05, 4.69) is 27.9 Å². The van der Waals surface area contributed by atoms with Crippen LogP contribution in [0, 0.1) is 0 Å². The Kier molecular flexibility index (Phi) is 4.93. The topological polar surface area (TPSA) is 39.7 Å². The molecule has 2 aliphatic heterocycles. The first-order valence-electron chi connectivity index (χ1n) is 8.38. The Morgan fingerprint density at radius 3 is 2.59 bits per heavy atom. The van der Waals surface area contributed by atoms with Crippen molar-refractivity contribution < 1.29 is 4.79 Å². The van der Waals surface area contributed by atoms with Gasteiger partial charge in [0.15, 0.2) is 0 Å². The number of pyridine rings is 1. The molecule has 0 saturated carbocycles. The largest absolute Gasteiger partial charge is 0.357 e. The van der Waals surface area contributed by atoms with Crippen LogP contribution in [0.2, 0.25) is 0 Å². The highest BCUT2D eigenvalue weighted by Crippen LogP contribution is 2.19. The lowest BCUT2D eigenvalue weighted by Gasteiger charge is -2.32. The number of aryl methyl sites for hydroxylation is 1. The van der Waals surface area contributed by atoms with Crippen molar-refractivity contribution in [1.29, 1.82) is 0 Å². The number of nitrogens with zero attached hydrogens (tertiary/aromatic N) is 4. The molecule has 3 rings (SSSR count). The van der Waals surface area contributed by atoms with Crippen LogP contribution >= 0.6 is 0 Å². The van der Waals surface area contributed by atoms with E-state index < -0.39 is 0 Å². The van der Waals surface area contributed by atoms with Gasteiger partial charge in [-0.15, -0.1) is 0 Å². The van der Waals surface area contributed by atoms with Crippen molar-refractivity contribution in [3.8, 4) is 0 Å². The fourth-order valence-corrected chi connectivity index (χ4v) is 3.20. The SMILES string of the molecule is CN1CCN(C(=O)CCc2ccnc(N3CCCC3)c2)CC1. The maximum Gasteiger partial charge on any atom is 0.222 e. The first-order valence-corrected chi connectivity index (χ1v) is 8.38. The smallest absolute Gasteiger partial charge is 0.222 e. The molecule has 2 saturated heterocycles. The first-order chi connectivity index (χ1) is 10.7. The lowest BCUT2D eigenvalue weighted by Crippen LogP contribution is -2.47. The normalized spacial score (nSPS) is 19.7. The predicted octanol–water partition coefficient (Wildman–Crippen LogP) is 1.39. The third-order valence-corrected chi connectivity index (χ3v) is 4.72. The summed E-state index contributed by atoms with van der Waals surface area (Å²) in [6.07, 6.45) is 5.81. The second-order valence-corrected chi connectivity index (χ2v) is 6.40. The van der Waals surface area contributed by atoms with Crippen molar-refractivity contribution >= 4 is 11.7 Å². The van der Waals surface area contributed by atoms with Crippen LogP contribution in [-0.2, 0) is 11.2 Å². The van der Waals surface area contributed by atoms with Crippen molar-refractivity contribution in [3.63, 3.8) is 0 Å². The number of likely N-dealkylation sites (N-methyl/N-ethyl adjacent to an activating group) is 1. The zero-order valence-corrected chi connectivity index (χ0v) is 13.5. The summed E-state index contributed by atoms with van der Waals surface area (Å²) in [6.45, 7) is 5.92. The number of piperazine rings is 1. The standard InChI is InChI=1S/C17H26N4O/c1-19-10-12-21(13-11-19)17(22)5-4-15-6-7-18-16(14-15)20-8-2-3-9-20/h6-7,14H,2-5,8-13H2,1H3. The summed E-state index contributed by atoms with van der Waals surface area (Å²) >= 11 is 0. The molecular weight excluding hydrogens is 276 g/mol. The van der Waals surface area contributed by atoms with Gasteiger partial charge in [0.25, 0.3) is 0 Å². The summed E-state index contributed by atoms with van der Waals surface area (Å²) in [5.74, 6) is 1.36. The molecule has 0 N–H and O–H groups in total. The van der Waals surface area contributed by atoms with Crippen molar-refractivity contribution in [2.24, 2.45) is 0 Å². The van der Waals surface area contributed by atoms with Crippen molar-refractivity contribution in [1.82, 2.24) is 14.8 Å². The molecule has 120 valence electrons. The van der Waals surface area contributed by atoms with E-state index in [0.29, 0.717) is 6.42 Å². The van der Waals surface area contributed by atoms with Gasteiger partial charge in [0.05, 0.1) is 0 Å². The molecule has 0 aliphatic carbocycles. The van der Waals surface area contributed by atoms with Gasteiger partial charge >= 0.3 is 0 Å². The highest BCUT2D eigenvalue weighted by molar-refractivity contribution is 5.76. The molecule has 0 aromatic carbocycles. The molecule has 0 atom stereocenters. The van der Waals surface area contributed by atoms with Gasteiger partial charge in [0.2, 0.25) is 5.91 Å². The van der Waals surface area contributed by atoms with Gasteiger partial charge in [0, 0.05) is 51.9 Å². The summed E-state index contributed by atoms with van der Waals surface area (Å²) in [7, 11) is 2.11. The van der Waals surface area contributed by atoms with E-state index in [4.69, 9.17) is 0 Å². The molecule has 0 spiro atoms. The van der Waals surface area contributed by atoms with E-state index in [1.807, 2.05) is 17.2 Å². The molecule has 0 bridgehead atoms. The first kappa shape index (κ1) is 15.3. The monoisotopic (exact) mass is 302 g/mol. The number of anilines is 1. The van der Waals surface area contributed by atoms with E-state index in [1.54, 1.807) is 0 Å². The lowest BCUT2D eigenvalue weighted by atomic mass is 10.1. The van der Waals surface area contributed by atoms with E-state index in [9.17, 15) is 4.79 Å². The molecular formula is C17H26N4O. The molecule has 1 aromatic heterocycles. The quantitative estimate of drug-likeness (QED) is 0.842. The molecule has 2 aliphatic rings.